The van der Waals surface area contributed by atoms with Crippen LogP contribution in [0.2, 0.25) is 0 Å². The zero-order valence-corrected chi connectivity index (χ0v) is 6.91. The number of hydrogen-bond acceptors (Lipinski definition) is 2. The van der Waals surface area contributed by atoms with Crippen molar-refractivity contribution in [3.8, 4) is 6.07 Å². The van der Waals surface area contributed by atoms with Gasteiger partial charge in [-0.05, 0) is 30.7 Å². The quantitative estimate of drug-likeness (QED) is 0.503. The fraction of sp³-hybridized carbons (Fsp3) is 0.100. The summed E-state index contributed by atoms with van der Waals surface area (Å²) in [6.45, 7) is 1.77. The number of nitriles is 1. The lowest BCUT2D eigenvalue weighted by atomic mass is 10.1. The van der Waals surface area contributed by atoms with Crippen molar-refractivity contribution in [2.45, 2.75) is 6.92 Å². The Morgan fingerprint density at radius 3 is 2.50 bits per heavy atom. The second-order valence-electron chi connectivity index (χ2n) is 2.61. The van der Waals surface area contributed by atoms with Crippen LogP contribution in [0.25, 0.3) is 6.08 Å². The molecular formula is C10H10N2. The molecule has 0 aliphatic carbocycles. The van der Waals surface area contributed by atoms with E-state index in [0.29, 0.717) is 5.57 Å². The van der Waals surface area contributed by atoms with Gasteiger partial charge in [0.15, 0.2) is 0 Å². The normalized spacial score (nSPS) is 10.8. The van der Waals surface area contributed by atoms with Gasteiger partial charge in [-0.1, -0.05) is 12.1 Å². The van der Waals surface area contributed by atoms with E-state index in [1.807, 2.05) is 30.3 Å². The number of nitrogen functional groups attached to an aromatic ring is 1. The summed E-state index contributed by atoms with van der Waals surface area (Å²) in [5.74, 6) is 0. The van der Waals surface area contributed by atoms with Crippen LogP contribution in [0, 0.1) is 11.3 Å². The molecular weight excluding hydrogens is 148 g/mol. The van der Waals surface area contributed by atoms with Gasteiger partial charge in [0.25, 0.3) is 0 Å². The molecule has 2 nitrogen and oxygen atoms in total. The lowest BCUT2D eigenvalue weighted by Gasteiger charge is -1.94. The highest BCUT2D eigenvalue weighted by molar-refractivity contribution is 5.58. The first kappa shape index (κ1) is 8.35. The molecule has 2 heteroatoms. The summed E-state index contributed by atoms with van der Waals surface area (Å²) >= 11 is 0. The third kappa shape index (κ3) is 2.14. The van der Waals surface area contributed by atoms with Crippen LogP contribution in [-0.4, -0.2) is 0 Å². The monoisotopic (exact) mass is 158 g/mol. The molecule has 0 unspecified atom stereocenters. The molecule has 60 valence electrons. The van der Waals surface area contributed by atoms with E-state index in [9.17, 15) is 0 Å². The molecule has 2 N–H and O–H groups in total. The number of nitrogens with zero attached hydrogens (tertiary/aromatic N) is 1. The largest absolute Gasteiger partial charge is 0.399 e. The molecule has 0 radical (unpaired) electrons. The summed E-state index contributed by atoms with van der Waals surface area (Å²) in [6, 6.07) is 9.46. The van der Waals surface area contributed by atoms with Crippen LogP contribution >= 0.6 is 0 Å². The highest BCUT2D eigenvalue weighted by Crippen LogP contribution is 2.08. The van der Waals surface area contributed by atoms with Crippen molar-refractivity contribution >= 4 is 11.8 Å². The minimum absolute atomic E-state index is 0.694. The van der Waals surface area contributed by atoms with E-state index in [4.69, 9.17) is 11.0 Å². The Morgan fingerprint density at radius 2 is 2.00 bits per heavy atom. The summed E-state index contributed by atoms with van der Waals surface area (Å²) in [4.78, 5) is 0. The molecule has 0 aliphatic rings. The number of rotatable bonds is 1. The Labute approximate surface area is 71.9 Å². The van der Waals surface area contributed by atoms with Gasteiger partial charge in [0.1, 0.15) is 0 Å². The SMILES string of the molecule is C/C(C#N)=C/c1ccc(N)cc1. The minimum atomic E-state index is 0.694. The maximum Gasteiger partial charge on any atom is 0.0944 e. The predicted molar refractivity (Wildman–Crippen MR) is 50.1 cm³/mol. The molecule has 0 saturated carbocycles. The molecule has 0 fully saturated rings. The molecule has 0 amide bonds. The Hall–Kier alpha value is -1.75. The van der Waals surface area contributed by atoms with E-state index in [-0.39, 0.29) is 0 Å². The van der Waals surface area contributed by atoms with Crippen LogP contribution in [0.5, 0.6) is 0 Å². The number of benzene rings is 1. The average molecular weight is 158 g/mol. The molecule has 1 rings (SSSR count). The van der Waals surface area contributed by atoms with Crippen molar-refractivity contribution in [3.63, 3.8) is 0 Å². The molecule has 0 aromatic heterocycles. The van der Waals surface area contributed by atoms with Crippen molar-refractivity contribution < 1.29 is 0 Å². The summed E-state index contributed by atoms with van der Waals surface area (Å²) in [5.41, 5.74) is 7.94. The highest BCUT2D eigenvalue weighted by Gasteiger charge is 1.88. The maximum atomic E-state index is 8.51. The first-order valence-electron chi connectivity index (χ1n) is 3.66. The molecule has 0 heterocycles. The smallest absolute Gasteiger partial charge is 0.0944 e. The van der Waals surface area contributed by atoms with Crippen molar-refractivity contribution in [1.82, 2.24) is 0 Å². The lowest BCUT2D eigenvalue weighted by molar-refractivity contribution is 1.46. The second kappa shape index (κ2) is 3.59. The maximum absolute atomic E-state index is 8.51. The van der Waals surface area contributed by atoms with Crippen molar-refractivity contribution in [2.75, 3.05) is 5.73 Å². The fourth-order valence-corrected chi connectivity index (χ4v) is 0.875. The number of nitrogens with two attached hydrogens (primary N) is 1. The number of hydrogen-bond donors (Lipinski definition) is 1. The van der Waals surface area contributed by atoms with E-state index >= 15 is 0 Å². The second-order valence-corrected chi connectivity index (χ2v) is 2.61. The Kier molecular flexibility index (Phi) is 2.49. The number of anilines is 1. The molecule has 0 bridgehead atoms. The minimum Gasteiger partial charge on any atom is -0.399 e. The standard InChI is InChI=1S/C10H10N2/c1-8(7-11)6-9-2-4-10(12)5-3-9/h2-6H,12H2,1H3/b8-6-. The average Bonchev–Trinajstić information content (AvgIpc) is 2.09. The van der Waals surface area contributed by atoms with Gasteiger partial charge in [0.2, 0.25) is 0 Å². The van der Waals surface area contributed by atoms with Crippen molar-refractivity contribution in [3.05, 3.63) is 35.4 Å². The van der Waals surface area contributed by atoms with Gasteiger partial charge in [0.05, 0.1) is 6.07 Å². The van der Waals surface area contributed by atoms with Crippen LogP contribution in [0.3, 0.4) is 0 Å². The van der Waals surface area contributed by atoms with Gasteiger partial charge in [-0.25, -0.2) is 0 Å². The van der Waals surface area contributed by atoms with Crippen LogP contribution in [0.15, 0.2) is 29.8 Å². The summed E-state index contributed by atoms with van der Waals surface area (Å²) in [5, 5.41) is 8.51. The molecule has 0 spiro atoms. The van der Waals surface area contributed by atoms with Gasteiger partial charge in [-0.15, -0.1) is 0 Å². The first-order valence-corrected chi connectivity index (χ1v) is 3.66. The highest BCUT2D eigenvalue weighted by atomic mass is 14.5. The van der Waals surface area contributed by atoms with Crippen LogP contribution in [0.4, 0.5) is 5.69 Å². The lowest BCUT2D eigenvalue weighted by Crippen LogP contribution is -1.82. The molecule has 1 aromatic rings. The van der Waals surface area contributed by atoms with Crippen LogP contribution in [-0.2, 0) is 0 Å². The van der Waals surface area contributed by atoms with Gasteiger partial charge in [-0.2, -0.15) is 5.26 Å². The zero-order chi connectivity index (χ0) is 8.97. The third-order valence-corrected chi connectivity index (χ3v) is 1.50. The molecule has 1 aromatic carbocycles. The summed E-state index contributed by atoms with van der Waals surface area (Å²) in [6.07, 6.45) is 1.82. The Bertz CT molecular complexity index is 328. The van der Waals surface area contributed by atoms with Gasteiger partial charge in [-0.3, -0.25) is 0 Å². The van der Waals surface area contributed by atoms with Crippen LogP contribution in [0.1, 0.15) is 12.5 Å². The van der Waals surface area contributed by atoms with E-state index < -0.39 is 0 Å². The van der Waals surface area contributed by atoms with E-state index in [0.717, 1.165) is 11.3 Å². The Morgan fingerprint density at radius 1 is 1.42 bits per heavy atom. The molecule has 0 atom stereocenters. The van der Waals surface area contributed by atoms with Gasteiger partial charge in [0, 0.05) is 11.3 Å². The molecule has 0 aliphatic heterocycles. The van der Waals surface area contributed by atoms with Crippen molar-refractivity contribution in [2.24, 2.45) is 0 Å². The van der Waals surface area contributed by atoms with E-state index in [1.165, 1.54) is 0 Å². The summed E-state index contributed by atoms with van der Waals surface area (Å²) in [7, 11) is 0. The first-order chi connectivity index (χ1) is 5.72. The van der Waals surface area contributed by atoms with Gasteiger partial charge >= 0.3 is 0 Å². The Balaban J connectivity index is 2.93. The molecule has 12 heavy (non-hydrogen) atoms. The molecule has 0 saturated heterocycles. The summed E-state index contributed by atoms with van der Waals surface area (Å²) < 4.78 is 0. The predicted octanol–water partition coefficient (Wildman–Crippen LogP) is 2.20. The van der Waals surface area contributed by atoms with Crippen LogP contribution < -0.4 is 5.73 Å². The topological polar surface area (TPSA) is 49.8 Å². The third-order valence-electron chi connectivity index (χ3n) is 1.50. The number of allylic oxidation sites excluding steroid dienone is 1. The van der Waals surface area contributed by atoms with E-state index in [1.54, 1.807) is 6.92 Å². The fourth-order valence-electron chi connectivity index (χ4n) is 0.875. The zero-order valence-electron chi connectivity index (χ0n) is 6.91. The van der Waals surface area contributed by atoms with E-state index in [2.05, 4.69) is 6.07 Å². The van der Waals surface area contributed by atoms with Crippen molar-refractivity contribution in [1.29, 1.82) is 5.26 Å². The van der Waals surface area contributed by atoms with Gasteiger partial charge < -0.3 is 5.73 Å².